The van der Waals surface area contributed by atoms with E-state index < -0.39 is 0 Å². The Labute approximate surface area is 330 Å². The van der Waals surface area contributed by atoms with Gasteiger partial charge in [0.2, 0.25) is 0 Å². The lowest BCUT2D eigenvalue weighted by Gasteiger charge is -2.16. The van der Waals surface area contributed by atoms with Gasteiger partial charge in [0.25, 0.3) is 0 Å². The Morgan fingerprint density at radius 2 is 0.661 bits per heavy atom. The van der Waals surface area contributed by atoms with Gasteiger partial charge in [0, 0.05) is 12.1 Å². The average molecular weight is 755 g/mol. The van der Waals surface area contributed by atoms with Crippen molar-refractivity contribution in [2.24, 2.45) is 0 Å². The highest BCUT2D eigenvalue weighted by atomic mass is 16.5. The molecule has 8 nitrogen and oxygen atoms in total. The van der Waals surface area contributed by atoms with Gasteiger partial charge in [-0.15, -0.1) is 0 Å². The third kappa shape index (κ3) is 10.3. The maximum Gasteiger partial charge on any atom is 0.169 e. The van der Waals surface area contributed by atoms with Crippen molar-refractivity contribution < 1.29 is 37.9 Å². The molecule has 0 saturated heterocycles. The Morgan fingerprint density at radius 1 is 0.286 bits per heavy atom. The predicted octanol–water partition coefficient (Wildman–Crippen LogP) is 10.7. The highest BCUT2D eigenvalue weighted by molar-refractivity contribution is 5.54. The zero-order valence-electron chi connectivity index (χ0n) is 33.1. The van der Waals surface area contributed by atoms with Gasteiger partial charge in [0.05, 0.1) is 42.7 Å². The molecule has 0 amide bonds. The summed E-state index contributed by atoms with van der Waals surface area (Å²) in [5.74, 6) is 7.16. The fourth-order valence-electron chi connectivity index (χ4n) is 6.63. The molecule has 0 saturated carbocycles. The summed E-state index contributed by atoms with van der Waals surface area (Å²) >= 11 is 0. The predicted molar refractivity (Wildman–Crippen MR) is 220 cm³/mol. The first-order valence-electron chi connectivity index (χ1n) is 18.7. The molecule has 0 radical (unpaired) electrons. The molecule has 6 aromatic rings. The van der Waals surface area contributed by atoms with Crippen LogP contribution < -0.4 is 37.9 Å². The second-order valence-corrected chi connectivity index (χ2v) is 13.3. The van der Waals surface area contributed by atoms with Crippen LogP contribution in [0.1, 0.15) is 33.4 Å². The summed E-state index contributed by atoms with van der Waals surface area (Å²) in [5, 5.41) is 0. The van der Waals surface area contributed by atoms with Crippen LogP contribution in [0.25, 0.3) is 0 Å². The summed E-state index contributed by atoms with van der Waals surface area (Å²) in [4.78, 5) is 0. The van der Waals surface area contributed by atoms with E-state index in [-0.39, 0.29) is 0 Å². The number of ether oxygens (including phenoxy) is 8. The van der Waals surface area contributed by atoms with Crippen LogP contribution in [0.5, 0.6) is 57.5 Å². The van der Waals surface area contributed by atoms with Crippen molar-refractivity contribution in [3.05, 3.63) is 155 Å². The molecule has 0 fully saturated rings. The molecule has 56 heavy (non-hydrogen) atoms. The second-order valence-electron chi connectivity index (χ2n) is 13.3. The molecule has 8 heteroatoms. The Hall–Kier alpha value is -6.28. The summed E-state index contributed by atoms with van der Waals surface area (Å²) in [6, 6.07) is 40.4. The van der Waals surface area contributed by atoms with Crippen molar-refractivity contribution in [2.75, 3.05) is 42.7 Å². The Morgan fingerprint density at radius 3 is 1.02 bits per heavy atom. The van der Waals surface area contributed by atoms with Gasteiger partial charge in [0.15, 0.2) is 23.0 Å². The molecule has 290 valence electrons. The molecule has 0 aliphatic rings. The van der Waals surface area contributed by atoms with Gasteiger partial charge in [-0.25, -0.2) is 0 Å². The quantitative estimate of drug-likeness (QED) is 0.0809. The Balaban J connectivity index is 1.12. The molecule has 6 rings (SSSR count). The Bertz CT molecular complexity index is 2020. The molecule has 0 atom stereocenters. The molecule has 0 N–H and O–H groups in total. The van der Waals surface area contributed by atoms with Gasteiger partial charge in [-0.1, -0.05) is 48.5 Å². The van der Waals surface area contributed by atoms with E-state index in [1.807, 2.05) is 72.8 Å². The van der Waals surface area contributed by atoms with Crippen molar-refractivity contribution in [3.8, 4) is 57.5 Å². The largest absolute Gasteiger partial charge is 0.497 e. The lowest BCUT2D eigenvalue weighted by Crippen LogP contribution is -2.00. The minimum Gasteiger partial charge on any atom is -0.497 e. The standard InChI is InChI=1S/C48H50O8/c1-49-39-23-17-33(18-24-39)15-21-37-29-47(45(53-5)31-43(37)51-3)55-41-11-7-9-35(27-41)13-14-36-10-8-12-42(28-36)56-48-30-38(44(52-4)32-46(48)54-6)22-16-34-19-25-40(50-2)26-20-34/h7-12,17-20,23-32H,13-16,21-22H2,1-6H3. The normalized spacial score (nSPS) is 10.8. The van der Waals surface area contributed by atoms with Crippen LogP contribution in [0, 0.1) is 0 Å². The van der Waals surface area contributed by atoms with Gasteiger partial charge in [-0.05, 0) is 133 Å². The molecule has 0 aliphatic heterocycles. The number of aryl methyl sites for hydroxylation is 6. The molecule has 0 aliphatic carbocycles. The van der Waals surface area contributed by atoms with Crippen molar-refractivity contribution in [3.63, 3.8) is 0 Å². The van der Waals surface area contributed by atoms with Gasteiger partial charge in [0.1, 0.15) is 34.5 Å². The molecule has 0 spiro atoms. The first-order valence-corrected chi connectivity index (χ1v) is 18.7. The lowest BCUT2D eigenvalue weighted by atomic mass is 10.0. The summed E-state index contributed by atoms with van der Waals surface area (Å²) in [7, 11) is 9.98. The summed E-state index contributed by atoms with van der Waals surface area (Å²) < 4.78 is 46.4. The van der Waals surface area contributed by atoms with E-state index in [2.05, 4.69) is 48.5 Å². The van der Waals surface area contributed by atoms with Crippen LogP contribution in [-0.4, -0.2) is 42.7 Å². The third-order valence-electron chi connectivity index (χ3n) is 9.77. The van der Waals surface area contributed by atoms with E-state index in [9.17, 15) is 0 Å². The van der Waals surface area contributed by atoms with Gasteiger partial charge in [-0.3, -0.25) is 0 Å². The molecule has 0 aromatic heterocycles. The average Bonchev–Trinajstić information content (AvgIpc) is 3.24. The smallest absolute Gasteiger partial charge is 0.169 e. The Kier molecular flexibility index (Phi) is 13.6. The zero-order valence-corrected chi connectivity index (χ0v) is 33.1. The first-order chi connectivity index (χ1) is 27.4. The van der Waals surface area contributed by atoms with E-state index in [0.29, 0.717) is 23.0 Å². The summed E-state index contributed by atoms with van der Waals surface area (Å²) in [6.07, 6.45) is 4.86. The third-order valence-corrected chi connectivity index (χ3v) is 9.77. The van der Waals surface area contributed by atoms with E-state index in [4.69, 9.17) is 37.9 Å². The summed E-state index contributed by atoms with van der Waals surface area (Å²) in [6.45, 7) is 0. The van der Waals surface area contributed by atoms with Crippen molar-refractivity contribution >= 4 is 0 Å². The van der Waals surface area contributed by atoms with Crippen LogP contribution in [0.2, 0.25) is 0 Å². The monoisotopic (exact) mass is 754 g/mol. The highest BCUT2D eigenvalue weighted by Crippen LogP contribution is 2.40. The van der Waals surface area contributed by atoms with E-state index in [1.165, 1.54) is 11.1 Å². The van der Waals surface area contributed by atoms with E-state index in [0.717, 1.165) is 95.3 Å². The second kappa shape index (κ2) is 19.4. The van der Waals surface area contributed by atoms with Crippen molar-refractivity contribution in [1.29, 1.82) is 0 Å². The fourth-order valence-corrected chi connectivity index (χ4v) is 6.63. The molecule has 0 heterocycles. The fraction of sp³-hybridized carbons (Fsp3) is 0.250. The molecular weight excluding hydrogens is 705 g/mol. The SMILES string of the molecule is COc1ccc(CCc2cc(Oc3cccc(CCc4cccc(Oc5cc(CCc6ccc(OC)cc6)c(OC)cc5OC)c4)c3)c(OC)cc2OC)cc1. The van der Waals surface area contributed by atoms with E-state index >= 15 is 0 Å². The van der Waals surface area contributed by atoms with Crippen LogP contribution in [0.4, 0.5) is 0 Å². The lowest BCUT2D eigenvalue weighted by molar-refractivity contribution is 0.366. The highest BCUT2D eigenvalue weighted by Gasteiger charge is 2.16. The van der Waals surface area contributed by atoms with Gasteiger partial charge in [-0.2, -0.15) is 0 Å². The maximum atomic E-state index is 6.46. The van der Waals surface area contributed by atoms with Crippen molar-refractivity contribution in [2.45, 2.75) is 38.5 Å². The van der Waals surface area contributed by atoms with Gasteiger partial charge < -0.3 is 37.9 Å². The molecule has 0 unspecified atom stereocenters. The minimum atomic E-state index is 0.607. The minimum absolute atomic E-state index is 0.607. The number of hydrogen-bond donors (Lipinski definition) is 0. The first kappa shape index (κ1) is 39.4. The van der Waals surface area contributed by atoms with Gasteiger partial charge >= 0.3 is 0 Å². The van der Waals surface area contributed by atoms with Crippen LogP contribution in [0.15, 0.2) is 121 Å². The molecular formula is C48H50O8. The van der Waals surface area contributed by atoms with Crippen molar-refractivity contribution in [1.82, 2.24) is 0 Å². The maximum absolute atomic E-state index is 6.46. The molecule has 0 bridgehead atoms. The number of methoxy groups -OCH3 is 6. The zero-order chi connectivity index (χ0) is 39.3. The number of benzene rings is 6. The molecule has 6 aromatic carbocycles. The van der Waals surface area contributed by atoms with Crippen LogP contribution >= 0.6 is 0 Å². The van der Waals surface area contributed by atoms with Crippen LogP contribution in [0.3, 0.4) is 0 Å². The topological polar surface area (TPSA) is 73.8 Å². The number of rotatable bonds is 19. The van der Waals surface area contributed by atoms with Crippen LogP contribution in [-0.2, 0) is 38.5 Å². The van der Waals surface area contributed by atoms with E-state index in [1.54, 1.807) is 42.7 Å². The number of hydrogen-bond acceptors (Lipinski definition) is 8. The summed E-state index contributed by atoms with van der Waals surface area (Å²) in [5.41, 5.74) is 6.80.